The monoisotopic (exact) mass is 360 g/mol. The van der Waals surface area contributed by atoms with E-state index in [2.05, 4.69) is 46.7 Å². The van der Waals surface area contributed by atoms with Gasteiger partial charge < -0.3 is 14.3 Å². The van der Waals surface area contributed by atoms with Gasteiger partial charge in [-0.2, -0.15) is 0 Å². The molecule has 0 saturated carbocycles. The van der Waals surface area contributed by atoms with Gasteiger partial charge in [-0.25, -0.2) is 0 Å². The SMILES string of the molecule is CCc1ccc(CNC(=O)Cn2cc(-c3nnco3)c3ccccc32)cc1. The zero-order valence-corrected chi connectivity index (χ0v) is 15.1. The van der Waals surface area contributed by atoms with Gasteiger partial charge in [0.15, 0.2) is 0 Å². The zero-order valence-electron chi connectivity index (χ0n) is 15.1. The molecule has 136 valence electrons. The predicted octanol–water partition coefficient (Wildman–Crippen LogP) is 3.57. The molecule has 0 aliphatic carbocycles. The van der Waals surface area contributed by atoms with Gasteiger partial charge in [0.2, 0.25) is 18.2 Å². The van der Waals surface area contributed by atoms with E-state index in [1.807, 2.05) is 35.0 Å². The molecular weight excluding hydrogens is 340 g/mol. The molecule has 0 fully saturated rings. The molecule has 0 aliphatic rings. The van der Waals surface area contributed by atoms with Crippen molar-refractivity contribution in [1.29, 1.82) is 0 Å². The molecular formula is C21H20N4O2. The third kappa shape index (κ3) is 3.60. The lowest BCUT2D eigenvalue weighted by molar-refractivity contribution is -0.121. The molecule has 2 heterocycles. The molecule has 0 spiro atoms. The van der Waals surface area contributed by atoms with Crippen molar-refractivity contribution >= 4 is 16.8 Å². The number of aromatic nitrogens is 3. The highest BCUT2D eigenvalue weighted by atomic mass is 16.4. The van der Waals surface area contributed by atoms with Crippen molar-refractivity contribution in [3.8, 4) is 11.5 Å². The predicted molar refractivity (Wildman–Crippen MR) is 103 cm³/mol. The van der Waals surface area contributed by atoms with Crippen molar-refractivity contribution in [3.05, 3.63) is 72.2 Å². The maximum atomic E-state index is 12.5. The lowest BCUT2D eigenvalue weighted by atomic mass is 10.1. The van der Waals surface area contributed by atoms with Crippen molar-refractivity contribution in [1.82, 2.24) is 20.1 Å². The summed E-state index contributed by atoms with van der Waals surface area (Å²) in [4.78, 5) is 12.5. The Kier molecular flexibility index (Phi) is 4.70. The Morgan fingerprint density at radius 2 is 1.89 bits per heavy atom. The molecule has 2 aromatic carbocycles. The van der Waals surface area contributed by atoms with Crippen LogP contribution >= 0.6 is 0 Å². The quantitative estimate of drug-likeness (QED) is 0.570. The van der Waals surface area contributed by atoms with E-state index in [1.54, 1.807) is 0 Å². The van der Waals surface area contributed by atoms with Crippen LogP contribution in [0.4, 0.5) is 0 Å². The van der Waals surface area contributed by atoms with Crippen molar-refractivity contribution in [2.75, 3.05) is 0 Å². The van der Waals surface area contributed by atoms with Crippen molar-refractivity contribution in [2.24, 2.45) is 0 Å². The summed E-state index contributed by atoms with van der Waals surface area (Å²) in [5, 5.41) is 11.7. The second kappa shape index (κ2) is 7.45. The van der Waals surface area contributed by atoms with Crippen LogP contribution in [-0.4, -0.2) is 20.7 Å². The first-order valence-electron chi connectivity index (χ1n) is 8.93. The molecule has 0 saturated heterocycles. The van der Waals surface area contributed by atoms with E-state index in [9.17, 15) is 4.79 Å². The summed E-state index contributed by atoms with van der Waals surface area (Å²) in [5.74, 6) is 0.397. The summed E-state index contributed by atoms with van der Waals surface area (Å²) in [6.45, 7) is 2.86. The first-order chi connectivity index (χ1) is 13.2. The molecule has 1 amide bonds. The van der Waals surface area contributed by atoms with Gasteiger partial charge in [-0.1, -0.05) is 49.4 Å². The third-order valence-corrected chi connectivity index (χ3v) is 4.61. The molecule has 0 radical (unpaired) electrons. The van der Waals surface area contributed by atoms with Crippen molar-refractivity contribution in [2.45, 2.75) is 26.4 Å². The number of carbonyl (C=O) groups excluding carboxylic acids is 1. The average molecular weight is 360 g/mol. The van der Waals surface area contributed by atoms with E-state index in [-0.39, 0.29) is 12.5 Å². The van der Waals surface area contributed by atoms with Gasteiger partial charge in [-0.3, -0.25) is 4.79 Å². The van der Waals surface area contributed by atoms with Crippen LogP contribution in [0.25, 0.3) is 22.4 Å². The van der Waals surface area contributed by atoms with Crippen LogP contribution in [0.2, 0.25) is 0 Å². The lowest BCUT2D eigenvalue weighted by Gasteiger charge is -2.08. The molecule has 0 aliphatic heterocycles. The third-order valence-electron chi connectivity index (χ3n) is 4.61. The Morgan fingerprint density at radius 3 is 2.63 bits per heavy atom. The van der Waals surface area contributed by atoms with E-state index in [0.29, 0.717) is 12.4 Å². The number of carbonyl (C=O) groups is 1. The molecule has 0 unspecified atom stereocenters. The van der Waals surface area contributed by atoms with E-state index in [0.717, 1.165) is 28.5 Å². The minimum atomic E-state index is -0.0487. The Bertz CT molecular complexity index is 1050. The van der Waals surface area contributed by atoms with Crippen LogP contribution in [0.5, 0.6) is 0 Å². The minimum Gasteiger partial charge on any atom is -0.423 e. The summed E-state index contributed by atoms with van der Waals surface area (Å²) in [6.07, 6.45) is 4.20. The molecule has 4 rings (SSSR count). The summed E-state index contributed by atoms with van der Waals surface area (Å²) < 4.78 is 7.24. The van der Waals surface area contributed by atoms with Crippen LogP contribution in [-0.2, 0) is 24.3 Å². The van der Waals surface area contributed by atoms with E-state index < -0.39 is 0 Å². The standard InChI is InChI=1S/C21H20N4O2/c1-2-15-7-9-16(10-8-15)11-22-20(26)13-25-12-18(21-24-23-14-27-21)17-5-3-4-6-19(17)25/h3-10,12,14H,2,11,13H2,1H3,(H,22,26). The van der Waals surface area contributed by atoms with Gasteiger partial charge in [-0.05, 0) is 23.6 Å². The molecule has 0 atom stereocenters. The zero-order chi connectivity index (χ0) is 18.6. The maximum absolute atomic E-state index is 12.5. The van der Waals surface area contributed by atoms with E-state index in [4.69, 9.17) is 4.42 Å². The number of benzene rings is 2. The number of hydrogen-bond acceptors (Lipinski definition) is 4. The second-order valence-electron chi connectivity index (χ2n) is 6.38. The van der Waals surface area contributed by atoms with E-state index >= 15 is 0 Å². The topological polar surface area (TPSA) is 73.0 Å². The number of aryl methyl sites for hydroxylation is 1. The second-order valence-corrected chi connectivity index (χ2v) is 6.38. The average Bonchev–Trinajstić information content (AvgIpc) is 3.35. The van der Waals surface area contributed by atoms with Crippen molar-refractivity contribution in [3.63, 3.8) is 0 Å². The Morgan fingerprint density at radius 1 is 1.11 bits per heavy atom. The largest absolute Gasteiger partial charge is 0.423 e. The van der Waals surface area contributed by atoms with E-state index in [1.165, 1.54) is 12.0 Å². The normalized spacial score (nSPS) is 11.0. The van der Waals surface area contributed by atoms with Crippen molar-refractivity contribution < 1.29 is 9.21 Å². The fourth-order valence-corrected chi connectivity index (χ4v) is 3.14. The highest BCUT2D eigenvalue weighted by Gasteiger charge is 2.15. The van der Waals surface area contributed by atoms with Crippen LogP contribution in [0.15, 0.2) is 65.5 Å². The Balaban J connectivity index is 1.50. The smallest absolute Gasteiger partial charge is 0.249 e. The molecule has 4 aromatic rings. The summed E-state index contributed by atoms with van der Waals surface area (Å²) >= 11 is 0. The fourth-order valence-electron chi connectivity index (χ4n) is 3.14. The summed E-state index contributed by atoms with van der Waals surface area (Å²) in [6, 6.07) is 16.2. The molecule has 2 aromatic heterocycles. The fraction of sp³-hybridized carbons (Fsp3) is 0.190. The number of amides is 1. The highest BCUT2D eigenvalue weighted by Crippen LogP contribution is 2.29. The number of hydrogen-bond donors (Lipinski definition) is 1. The summed E-state index contributed by atoms with van der Waals surface area (Å²) in [5.41, 5.74) is 4.15. The van der Waals surface area contributed by atoms with Gasteiger partial charge in [-0.15, -0.1) is 10.2 Å². The Labute approximate surface area is 156 Å². The molecule has 6 nitrogen and oxygen atoms in total. The summed E-state index contributed by atoms with van der Waals surface area (Å²) in [7, 11) is 0. The van der Waals surface area contributed by atoms with Gasteiger partial charge >= 0.3 is 0 Å². The molecule has 27 heavy (non-hydrogen) atoms. The number of nitrogens with one attached hydrogen (secondary N) is 1. The Hall–Kier alpha value is -3.41. The molecule has 0 bridgehead atoms. The minimum absolute atomic E-state index is 0.0487. The van der Waals surface area contributed by atoms with Crippen LogP contribution in [0, 0.1) is 0 Å². The first kappa shape index (κ1) is 17.0. The van der Waals surface area contributed by atoms with Gasteiger partial charge in [0.25, 0.3) is 0 Å². The molecule has 6 heteroatoms. The van der Waals surface area contributed by atoms with Crippen LogP contribution in [0.1, 0.15) is 18.1 Å². The first-order valence-corrected chi connectivity index (χ1v) is 8.93. The number of fused-ring (bicyclic) bond motifs is 1. The number of rotatable bonds is 6. The van der Waals surface area contributed by atoms with Gasteiger partial charge in [0.05, 0.1) is 5.56 Å². The van der Waals surface area contributed by atoms with Crippen LogP contribution < -0.4 is 5.32 Å². The number of para-hydroxylation sites is 1. The lowest BCUT2D eigenvalue weighted by Crippen LogP contribution is -2.26. The highest BCUT2D eigenvalue weighted by molar-refractivity contribution is 5.94. The van der Waals surface area contributed by atoms with Gasteiger partial charge in [0.1, 0.15) is 6.54 Å². The number of nitrogens with zero attached hydrogens (tertiary/aromatic N) is 3. The van der Waals surface area contributed by atoms with Gasteiger partial charge in [0, 0.05) is 23.6 Å². The molecule has 1 N–H and O–H groups in total. The van der Waals surface area contributed by atoms with Crippen LogP contribution in [0.3, 0.4) is 0 Å². The maximum Gasteiger partial charge on any atom is 0.249 e.